The summed E-state index contributed by atoms with van der Waals surface area (Å²) in [5.74, 6) is -0.987. The molecule has 0 radical (unpaired) electrons. The van der Waals surface area contributed by atoms with Crippen LogP contribution < -0.4 is 0 Å². The molecule has 1 aliphatic heterocycles. The molecule has 2 fully saturated rings. The number of furan rings is 1. The van der Waals surface area contributed by atoms with E-state index in [0.29, 0.717) is 18.8 Å². The number of hydrogen-bond acceptors (Lipinski definition) is 5. The van der Waals surface area contributed by atoms with Crippen LogP contribution in [0.1, 0.15) is 29.8 Å². The number of carbonyl (C=O) groups excluding carboxylic acids is 1. The highest BCUT2D eigenvalue weighted by molar-refractivity contribution is 7.13. The lowest BCUT2D eigenvalue weighted by molar-refractivity contribution is -0.139. The third kappa shape index (κ3) is 2.45. The topological polar surface area (TPSA) is 83.6 Å². The highest BCUT2D eigenvalue weighted by Crippen LogP contribution is 2.59. The first kappa shape index (κ1) is 14.4. The Kier molecular flexibility index (Phi) is 3.26. The van der Waals surface area contributed by atoms with Crippen molar-refractivity contribution >= 4 is 23.2 Å². The zero-order chi connectivity index (χ0) is 16.0. The Morgan fingerprint density at radius 3 is 2.78 bits per heavy atom. The molecule has 2 aliphatic rings. The quantitative estimate of drug-likeness (QED) is 0.934. The van der Waals surface area contributed by atoms with Crippen molar-refractivity contribution in [3.8, 4) is 10.6 Å². The van der Waals surface area contributed by atoms with Crippen molar-refractivity contribution in [2.45, 2.75) is 19.3 Å². The number of thiazole rings is 1. The van der Waals surface area contributed by atoms with Gasteiger partial charge in [-0.15, -0.1) is 11.3 Å². The second-order valence-electron chi connectivity index (χ2n) is 6.30. The molecule has 1 N–H and O–H groups in total. The van der Waals surface area contributed by atoms with E-state index in [2.05, 4.69) is 4.98 Å². The van der Waals surface area contributed by atoms with Crippen LogP contribution in [0.25, 0.3) is 10.6 Å². The first-order valence-corrected chi connectivity index (χ1v) is 8.47. The molecule has 2 aromatic rings. The van der Waals surface area contributed by atoms with E-state index in [1.807, 2.05) is 6.07 Å². The SMILES string of the molecule is O=C(O)C1CC12CCN(C(=O)c1csc(-c3ccoc3)n1)CC2. The Morgan fingerprint density at radius 2 is 2.17 bits per heavy atom. The molecule has 1 atom stereocenters. The monoisotopic (exact) mass is 332 g/mol. The highest BCUT2D eigenvalue weighted by atomic mass is 32.1. The van der Waals surface area contributed by atoms with E-state index in [1.165, 1.54) is 11.3 Å². The molecule has 1 spiro atoms. The van der Waals surface area contributed by atoms with Crippen molar-refractivity contribution in [1.82, 2.24) is 9.88 Å². The fourth-order valence-corrected chi connectivity index (χ4v) is 4.24. The fraction of sp³-hybridized carbons (Fsp3) is 0.438. The van der Waals surface area contributed by atoms with Gasteiger partial charge in [0.15, 0.2) is 0 Å². The van der Waals surface area contributed by atoms with E-state index >= 15 is 0 Å². The molecule has 4 rings (SSSR count). The predicted octanol–water partition coefficient (Wildman–Crippen LogP) is 2.73. The summed E-state index contributed by atoms with van der Waals surface area (Å²) in [7, 11) is 0. The molecule has 23 heavy (non-hydrogen) atoms. The van der Waals surface area contributed by atoms with Gasteiger partial charge in [-0.3, -0.25) is 9.59 Å². The maximum atomic E-state index is 12.6. The van der Waals surface area contributed by atoms with Gasteiger partial charge in [-0.1, -0.05) is 0 Å². The molecule has 0 aromatic carbocycles. The summed E-state index contributed by atoms with van der Waals surface area (Å²) in [5, 5.41) is 11.7. The summed E-state index contributed by atoms with van der Waals surface area (Å²) in [6.07, 6.45) is 5.49. The van der Waals surface area contributed by atoms with Crippen LogP contribution in [0.15, 0.2) is 28.4 Å². The second kappa shape index (κ2) is 5.19. The molecule has 1 saturated carbocycles. The van der Waals surface area contributed by atoms with Gasteiger partial charge in [0, 0.05) is 24.0 Å². The average molecular weight is 332 g/mol. The van der Waals surface area contributed by atoms with Gasteiger partial charge in [-0.25, -0.2) is 4.98 Å². The van der Waals surface area contributed by atoms with Gasteiger partial charge in [0.05, 0.1) is 12.2 Å². The summed E-state index contributed by atoms with van der Waals surface area (Å²) < 4.78 is 5.04. The van der Waals surface area contributed by atoms with Crippen LogP contribution in [0.5, 0.6) is 0 Å². The highest BCUT2D eigenvalue weighted by Gasteiger charge is 2.59. The molecule has 1 aliphatic carbocycles. The van der Waals surface area contributed by atoms with E-state index in [4.69, 9.17) is 9.52 Å². The Labute approximate surface area is 136 Å². The van der Waals surface area contributed by atoms with Crippen molar-refractivity contribution in [3.05, 3.63) is 29.7 Å². The van der Waals surface area contributed by atoms with E-state index < -0.39 is 5.97 Å². The molecular formula is C16H16N2O4S. The number of nitrogens with zero attached hydrogens (tertiary/aromatic N) is 2. The summed E-state index contributed by atoms with van der Waals surface area (Å²) in [5.41, 5.74) is 1.26. The molecule has 1 amide bonds. The van der Waals surface area contributed by atoms with Crippen molar-refractivity contribution in [2.75, 3.05) is 13.1 Å². The maximum Gasteiger partial charge on any atom is 0.307 e. The molecule has 6 nitrogen and oxygen atoms in total. The molecule has 3 heterocycles. The summed E-state index contributed by atoms with van der Waals surface area (Å²) >= 11 is 1.42. The number of likely N-dealkylation sites (tertiary alicyclic amines) is 1. The van der Waals surface area contributed by atoms with Gasteiger partial charge in [0.2, 0.25) is 0 Å². The number of carboxylic acid groups (broad SMARTS) is 1. The maximum absolute atomic E-state index is 12.6. The van der Waals surface area contributed by atoms with Crippen molar-refractivity contribution in [1.29, 1.82) is 0 Å². The zero-order valence-corrected chi connectivity index (χ0v) is 13.2. The van der Waals surface area contributed by atoms with Gasteiger partial charge in [-0.2, -0.15) is 0 Å². The minimum Gasteiger partial charge on any atom is -0.481 e. The summed E-state index contributed by atoms with van der Waals surface area (Å²) in [6, 6.07) is 1.82. The van der Waals surface area contributed by atoms with E-state index in [0.717, 1.165) is 29.8 Å². The third-order valence-electron chi connectivity index (χ3n) is 5.03. The van der Waals surface area contributed by atoms with E-state index in [1.54, 1.807) is 22.8 Å². The minimum atomic E-state index is -0.700. The average Bonchev–Trinajstić information content (AvgIpc) is 2.98. The Bertz CT molecular complexity index is 744. The van der Waals surface area contributed by atoms with Crippen LogP contribution in [0, 0.1) is 11.3 Å². The standard InChI is InChI=1S/C16H16N2O4S/c19-14(12-9-23-13(17-12)10-1-6-22-8-10)18-4-2-16(3-5-18)7-11(16)15(20)21/h1,6,8-9,11H,2-5,7H2,(H,20,21). The predicted molar refractivity (Wildman–Crippen MR) is 83.1 cm³/mol. The zero-order valence-electron chi connectivity index (χ0n) is 12.4. The number of rotatable bonds is 3. The largest absolute Gasteiger partial charge is 0.481 e. The fourth-order valence-electron chi connectivity index (χ4n) is 3.46. The number of hydrogen-bond donors (Lipinski definition) is 1. The first-order valence-electron chi connectivity index (χ1n) is 7.59. The van der Waals surface area contributed by atoms with Gasteiger partial charge < -0.3 is 14.4 Å². The van der Waals surface area contributed by atoms with Crippen molar-refractivity contribution in [3.63, 3.8) is 0 Å². The van der Waals surface area contributed by atoms with Gasteiger partial charge >= 0.3 is 5.97 Å². The molecule has 1 unspecified atom stereocenters. The number of piperidine rings is 1. The van der Waals surface area contributed by atoms with Crippen LogP contribution in [0.3, 0.4) is 0 Å². The number of carboxylic acids is 1. The minimum absolute atomic E-state index is 0.0629. The van der Waals surface area contributed by atoms with Crippen LogP contribution in [0.4, 0.5) is 0 Å². The van der Waals surface area contributed by atoms with Gasteiger partial charge in [0.25, 0.3) is 5.91 Å². The van der Waals surface area contributed by atoms with Crippen LogP contribution >= 0.6 is 11.3 Å². The summed E-state index contributed by atoms with van der Waals surface area (Å²) in [6.45, 7) is 1.22. The van der Waals surface area contributed by atoms with Crippen LogP contribution in [-0.2, 0) is 4.79 Å². The molecule has 2 aromatic heterocycles. The third-order valence-corrected chi connectivity index (χ3v) is 5.92. The van der Waals surface area contributed by atoms with Crippen LogP contribution in [0.2, 0.25) is 0 Å². The van der Waals surface area contributed by atoms with Gasteiger partial charge in [0.1, 0.15) is 17.0 Å². The van der Waals surface area contributed by atoms with Crippen molar-refractivity contribution < 1.29 is 19.1 Å². The number of aliphatic carboxylic acids is 1. The lowest BCUT2D eigenvalue weighted by atomic mass is 9.90. The van der Waals surface area contributed by atoms with E-state index in [9.17, 15) is 9.59 Å². The second-order valence-corrected chi connectivity index (χ2v) is 7.16. The van der Waals surface area contributed by atoms with Gasteiger partial charge in [-0.05, 0) is 30.7 Å². The smallest absolute Gasteiger partial charge is 0.307 e. The molecule has 120 valence electrons. The van der Waals surface area contributed by atoms with Crippen molar-refractivity contribution in [2.24, 2.45) is 11.3 Å². The number of amides is 1. The molecule has 0 bridgehead atoms. The Morgan fingerprint density at radius 1 is 1.39 bits per heavy atom. The number of carbonyl (C=O) groups is 2. The molecule has 1 saturated heterocycles. The van der Waals surface area contributed by atoms with Crippen LogP contribution in [-0.4, -0.2) is 40.0 Å². The molecule has 7 heteroatoms. The number of aromatic nitrogens is 1. The Hall–Kier alpha value is -2.15. The Balaban J connectivity index is 1.42. The lowest BCUT2D eigenvalue weighted by Crippen LogP contribution is -2.40. The summed E-state index contributed by atoms with van der Waals surface area (Å²) in [4.78, 5) is 29.8. The first-order chi connectivity index (χ1) is 11.1. The normalized spacial score (nSPS) is 22.3. The molecular weight excluding hydrogens is 316 g/mol. The lowest BCUT2D eigenvalue weighted by Gasteiger charge is -2.32. The van der Waals surface area contributed by atoms with E-state index in [-0.39, 0.29) is 17.2 Å².